The van der Waals surface area contributed by atoms with Crippen molar-refractivity contribution in [1.82, 2.24) is 0 Å². The fraction of sp³-hybridized carbons (Fsp3) is 0.650. The second-order valence-electron chi connectivity index (χ2n) is 7.23. The number of esters is 1. The molecule has 2 bridgehead atoms. The Bertz CT molecular complexity index is 548. The molecule has 0 amide bonds. The highest BCUT2D eigenvalue weighted by molar-refractivity contribution is 5.87. The first-order valence-electron chi connectivity index (χ1n) is 8.93. The molecule has 0 aromatic carbocycles. The van der Waals surface area contributed by atoms with E-state index in [0.717, 1.165) is 30.6 Å². The van der Waals surface area contributed by atoms with Gasteiger partial charge in [-0.15, -0.1) is 0 Å². The number of hydrogen-bond donors (Lipinski definition) is 0. The maximum Gasteiger partial charge on any atom is 0.333 e. The number of hydrogen-bond acceptors (Lipinski definition) is 4. The molecule has 3 aliphatic carbocycles. The first-order valence-corrected chi connectivity index (χ1v) is 8.93. The van der Waals surface area contributed by atoms with E-state index in [-0.39, 0.29) is 5.97 Å². The molecule has 4 heteroatoms. The molecule has 0 aromatic rings. The maximum absolute atomic E-state index is 11.5. The molecule has 6 atom stereocenters. The SMILES string of the molecule is COOC[C@H](CC/C=C(\C)C(=O)OC)[C@H]1C=C[C@H]2[C@@H]1[C@H]1C=C[C@@H]2C1. The zero-order chi connectivity index (χ0) is 17.1. The van der Waals surface area contributed by atoms with Gasteiger partial charge in [0.25, 0.3) is 0 Å². The van der Waals surface area contributed by atoms with Gasteiger partial charge >= 0.3 is 5.97 Å². The minimum atomic E-state index is -0.251. The van der Waals surface area contributed by atoms with Gasteiger partial charge in [-0.3, -0.25) is 0 Å². The quantitative estimate of drug-likeness (QED) is 0.223. The molecule has 4 nitrogen and oxygen atoms in total. The number of methoxy groups -OCH3 is 1. The summed E-state index contributed by atoms with van der Waals surface area (Å²) in [4.78, 5) is 21.7. The third kappa shape index (κ3) is 3.35. The summed E-state index contributed by atoms with van der Waals surface area (Å²) in [5, 5.41) is 0. The van der Waals surface area contributed by atoms with Gasteiger partial charge in [0, 0.05) is 5.57 Å². The monoisotopic (exact) mass is 332 g/mol. The molecule has 0 saturated heterocycles. The summed E-state index contributed by atoms with van der Waals surface area (Å²) in [7, 11) is 2.98. The van der Waals surface area contributed by atoms with Crippen molar-refractivity contribution < 1.29 is 19.3 Å². The van der Waals surface area contributed by atoms with Crippen LogP contribution in [0.3, 0.4) is 0 Å². The molecular weight excluding hydrogens is 304 g/mol. The van der Waals surface area contributed by atoms with Crippen molar-refractivity contribution in [3.05, 3.63) is 36.0 Å². The van der Waals surface area contributed by atoms with E-state index in [4.69, 9.17) is 14.5 Å². The van der Waals surface area contributed by atoms with E-state index in [9.17, 15) is 4.79 Å². The van der Waals surface area contributed by atoms with Crippen LogP contribution in [0, 0.1) is 35.5 Å². The third-order valence-electron chi connectivity index (χ3n) is 6.02. The minimum absolute atomic E-state index is 0.251. The van der Waals surface area contributed by atoms with Crippen LogP contribution < -0.4 is 0 Å². The normalized spacial score (nSPS) is 34.6. The average Bonchev–Trinajstić information content (AvgIpc) is 3.30. The highest BCUT2D eigenvalue weighted by atomic mass is 17.2. The summed E-state index contributed by atoms with van der Waals surface area (Å²) in [5.74, 6) is 3.59. The highest BCUT2D eigenvalue weighted by Gasteiger charge is 2.50. The highest BCUT2D eigenvalue weighted by Crippen LogP contribution is 2.56. The number of ether oxygens (including phenoxy) is 1. The topological polar surface area (TPSA) is 44.8 Å². The van der Waals surface area contributed by atoms with Crippen LogP contribution in [0.2, 0.25) is 0 Å². The Morgan fingerprint density at radius 2 is 2.00 bits per heavy atom. The summed E-state index contributed by atoms with van der Waals surface area (Å²) < 4.78 is 4.75. The minimum Gasteiger partial charge on any atom is -0.466 e. The molecule has 0 spiro atoms. The molecular formula is C20H28O4. The van der Waals surface area contributed by atoms with Gasteiger partial charge < -0.3 is 4.74 Å². The summed E-state index contributed by atoms with van der Waals surface area (Å²) in [6.45, 7) is 2.40. The predicted molar refractivity (Wildman–Crippen MR) is 91.8 cm³/mol. The fourth-order valence-corrected chi connectivity index (χ4v) is 4.87. The van der Waals surface area contributed by atoms with Gasteiger partial charge in [-0.25, -0.2) is 14.6 Å². The lowest BCUT2D eigenvalue weighted by molar-refractivity contribution is -0.282. The van der Waals surface area contributed by atoms with Gasteiger partial charge in [-0.05, 0) is 61.7 Å². The number of carbonyl (C=O) groups excluding carboxylic acids is 1. The average molecular weight is 332 g/mol. The van der Waals surface area contributed by atoms with Gasteiger partial charge in [0.2, 0.25) is 0 Å². The lowest BCUT2D eigenvalue weighted by Gasteiger charge is -2.31. The van der Waals surface area contributed by atoms with Gasteiger partial charge in [0.05, 0.1) is 20.8 Å². The maximum atomic E-state index is 11.5. The molecule has 1 fully saturated rings. The molecule has 0 unspecified atom stereocenters. The van der Waals surface area contributed by atoms with Crippen LogP contribution in [0.5, 0.6) is 0 Å². The van der Waals surface area contributed by atoms with E-state index in [0.29, 0.717) is 29.9 Å². The van der Waals surface area contributed by atoms with E-state index in [1.54, 1.807) is 14.0 Å². The van der Waals surface area contributed by atoms with Crippen molar-refractivity contribution in [1.29, 1.82) is 0 Å². The molecule has 1 saturated carbocycles. The van der Waals surface area contributed by atoms with Crippen LogP contribution in [-0.4, -0.2) is 26.8 Å². The van der Waals surface area contributed by atoms with Crippen LogP contribution >= 0.6 is 0 Å². The Labute approximate surface area is 144 Å². The van der Waals surface area contributed by atoms with E-state index >= 15 is 0 Å². The predicted octanol–water partition coefficient (Wildman–Crippen LogP) is 3.70. The third-order valence-corrected chi connectivity index (χ3v) is 6.02. The number of carbonyl (C=O) groups is 1. The van der Waals surface area contributed by atoms with E-state index < -0.39 is 0 Å². The molecule has 0 aliphatic heterocycles. The van der Waals surface area contributed by atoms with Crippen LogP contribution in [0.1, 0.15) is 26.2 Å². The van der Waals surface area contributed by atoms with Crippen molar-refractivity contribution in [3.8, 4) is 0 Å². The lowest BCUT2D eigenvalue weighted by atomic mass is 9.74. The van der Waals surface area contributed by atoms with Crippen LogP contribution in [0.15, 0.2) is 36.0 Å². The second kappa shape index (κ2) is 7.66. The summed E-state index contributed by atoms with van der Waals surface area (Å²) in [6.07, 6.45) is 14.8. The first kappa shape index (κ1) is 17.4. The van der Waals surface area contributed by atoms with Crippen LogP contribution in [0.4, 0.5) is 0 Å². The van der Waals surface area contributed by atoms with E-state index in [1.165, 1.54) is 13.5 Å². The van der Waals surface area contributed by atoms with Gasteiger partial charge in [0.15, 0.2) is 0 Å². The molecule has 0 aromatic heterocycles. The molecule has 0 N–H and O–H groups in total. The molecule has 24 heavy (non-hydrogen) atoms. The Kier molecular flexibility index (Phi) is 5.57. The van der Waals surface area contributed by atoms with Gasteiger partial charge in [-0.1, -0.05) is 30.4 Å². The zero-order valence-corrected chi connectivity index (χ0v) is 14.8. The van der Waals surface area contributed by atoms with Gasteiger partial charge in [-0.2, -0.15) is 0 Å². The number of allylic oxidation sites excluding steroid dienone is 5. The molecule has 3 rings (SSSR count). The van der Waals surface area contributed by atoms with Crippen molar-refractivity contribution in [2.45, 2.75) is 26.2 Å². The van der Waals surface area contributed by atoms with Crippen molar-refractivity contribution in [3.63, 3.8) is 0 Å². The number of rotatable bonds is 8. The van der Waals surface area contributed by atoms with Gasteiger partial charge in [0.1, 0.15) is 0 Å². The Morgan fingerprint density at radius 3 is 2.75 bits per heavy atom. The Morgan fingerprint density at radius 1 is 1.21 bits per heavy atom. The molecule has 3 aliphatic rings. The fourth-order valence-electron chi connectivity index (χ4n) is 4.87. The van der Waals surface area contributed by atoms with Crippen molar-refractivity contribution >= 4 is 5.97 Å². The standard InChI is InChI=1S/C20H28O4/c1-13(20(21)22-2)5-4-6-16(12-24-23-3)18-10-9-17-14-7-8-15(11-14)19(17)18/h5,7-10,14-19H,4,6,11-12H2,1-3H3/b13-5+/t14-,15+,16+,17-,18-,19+/m1/s1. The van der Waals surface area contributed by atoms with Crippen molar-refractivity contribution in [2.75, 3.05) is 20.8 Å². The van der Waals surface area contributed by atoms with Crippen LogP contribution in [0.25, 0.3) is 0 Å². The Balaban J connectivity index is 1.63. The smallest absolute Gasteiger partial charge is 0.333 e. The summed E-state index contributed by atoms with van der Waals surface area (Å²) in [5.41, 5.74) is 0.673. The Hall–Kier alpha value is -1.39. The first-order chi connectivity index (χ1) is 11.7. The zero-order valence-electron chi connectivity index (χ0n) is 14.8. The molecule has 132 valence electrons. The van der Waals surface area contributed by atoms with E-state index in [1.807, 2.05) is 6.08 Å². The summed E-state index contributed by atoms with van der Waals surface area (Å²) >= 11 is 0. The molecule has 0 heterocycles. The molecule has 0 radical (unpaired) electrons. The summed E-state index contributed by atoms with van der Waals surface area (Å²) in [6, 6.07) is 0. The lowest BCUT2D eigenvalue weighted by Crippen LogP contribution is -2.29. The number of fused-ring (bicyclic) bond motifs is 5. The largest absolute Gasteiger partial charge is 0.466 e. The van der Waals surface area contributed by atoms with Crippen LogP contribution in [-0.2, 0) is 19.3 Å². The van der Waals surface area contributed by atoms with Crippen molar-refractivity contribution in [2.24, 2.45) is 35.5 Å². The van der Waals surface area contributed by atoms with E-state index in [2.05, 4.69) is 24.3 Å². The second-order valence-corrected chi connectivity index (χ2v) is 7.23.